The lowest BCUT2D eigenvalue weighted by atomic mass is 10.1. The van der Waals surface area contributed by atoms with E-state index in [-0.39, 0.29) is 10.5 Å². The summed E-state index contributed by atoms with van der Waals surface area (Å²) in [6, 6.07) is 15.1. The predicted octanol–water partition coefficient (Wildman–Crippen LogP) is 3.42. The van der Waals surface area contributed by atoms with Crippen molar-refractivity contribution in [1.29, 1.82) is 0 Å². The molecule has 0 atom stereocenters. The lowest BCUT2D eigenvalue weighted by Gasteiger charge is -2.12. The van der Waals surface area contributed by atoms with Crippen molar-refractivity contribution in [2.24, 2.45) is 0 Å². The molecule has 1 aromatic heterocycles. The van der Waals surface area contributed by atoms with Gasteiger partial charge in [0, 0.05) is 44.2 Å². The van der Waals surface area contributed by atoms with E-state index in [0.717, 1.165) is 3.97 Å². The number of carbonyl (C=O) groups is 2. The second kappa shape index (κ2) is 6.79. The Morgan fingerprint density at radius 3 is 2.39 bits per heavy atom. The van der Waals surface area contributed by atoms with Crippen LogP contribution in [0.15, 0.2) is 76.2 Å². The van der Waals surface area contributed by atoms with Gasteiger partial charge in [0.25, 0.3) is 21.8 Å². The average Bonchev–Trinajstić information content (AvgIpc) is 3.27. The molecule has 0 saturated carbocycles. The first kappa shape index (κ1) is 19.5. The Labute approximate surface area is 185 Å². The fourth-order valence-corrected chi connectivity index (χ4v) is 5.75. The molecule has 7 nitrogen and oxygen atoms in total. The quantitative estimate of drug-likeness (QED) is 0.334. The minimum atomic E-state index is -4.06. The molecular weight excluding hydrogens is 482 g/mol. The van der Waals surface area contributed by atoms with Crippen molar-refractivity contribution in [3.8, 4) is 0 Å². The summed E-state index contributed by atoms with van der Waals surface area (Å²) in [5, 5.41) is 3.85. The number of hydrogen-bond acceptors (Lipinski definition) is 5. The van der Waals surface area contributed by atoms with Gasteiger partial charge in [-0.1, -0.05) is 40.2 Å². The molecule has 1 aliphatic heterocycles. The summed E-state index contributed by atoms with van der Waals surface area (Å²) in [5.74, 6) is -1.11. The summed E-state index contributed by atoms with van der Waals surface area (Å²) in [5.41, 5.74) is 7.36. The van der Waals surface area contributed by atoms with Crippen molar-refractivity contribution in [1.82, 2.24) is 9.29 Å². The number of aromatic nitrogens is 1. The first-order valence-electron chi connectivity index (χ1n) is 9.18. The first-order chi connectivity index (χ1) is 14.8. The Hall–Kier alpha value is -3.43. The second-order valence-corrected chi connectivity index (χ2v) is 9.78. The smallest absolute Gasteiger partial charge is 0.268 e. The third-order valence-electron chi connectivity index (χ3n) is 5.23. The van der Waals surface area contributed by atoms with Crippen LogP contribution in [0.2, 0.25) is 0 Å². The van der Waals surface area contributed by atoms with Crippen LogP contribution in [0.1, 0.15) is 5.56 Å². The van der Waals surface area contributed by atoms with Gasteiger partial charge in [-0.25, -0.2) is 12.4 Å². The van der Waals surface area contributed by atoms with Crippen LogP contribution in [0.25, 0.3) is 27.2 Å². The molecule has 0 saturated heterocycles. The molecular formula is C22H14BrN3O4S. The van der Waals surface area contributed by atoms with Crippen molar-refractivity contribution >= 4 is 70.7 Å². The van der Waals surface area contributed by atoms with Gasteiger partial charge in [0.1, 0.15) is 0 Å². The van der Waals surface area contributed by atoms with Crippen molar-refractivity contribution in [2.75, 3.05) is 5.73 Å². The zero-order valence-electron chi connectivity index (χ0n) is 15.8. The maximum Gasteiger partial charge on any atom is 0.268 e. The number of nitrogens with zero attached hydrogens (tertiary/aromatic N) is 1. The summed E-state index contributed by atoms with van der Waals surface area (Å²) in [6.45, 7) is 0. The Balaban J connectivity index is 1.83. The average molecular weight is 496 g/mol. The zero-order valence-corrected chi connectivity index (χ0v) is 18.2. The van der Waals surface area contributed by atoms with E-state index in [1.165, 1.54) is 18.3 Å². The number of nitrogens with two attached hydrogens (primary N) is 1. The highest BCUT2D eigenvalue weighted by Crippen LogP contribution is 2.35. The number of nitrogens with one attached hydrogen (secondary N) is 1. The summed E-state index contributed by atoms with van der Waals surface area (Å²) in [7, 11) is -4.06. The van der Waals surface area contributed by atoms with E-state index in [1.807, 2.05) is 0 Å². The number of carbonyl (C=O) groups excluding carboxylic acids is 2. The third-order valence-corrected chi connectivity index (χ3v) is 7.46. The molecule has 0 radical (unpaired) electrons. The van der Waals surface area contributed by atoms with Crippen LogP contribution < -0.4 is 11.1 Å². The van der Waals surface area contributed by atoms with Crippen LogP contribution in [0.4, 0.5) is 5.69 Å². The minimum absolute atomic E-state index is 0.0876. The molecule has 154 valence electrons. The van der Waals surface area contributed by atoms with Gasteiger partial charge in [-0.05, 0) is 30.3 Å². The maximum absolute atomic E-state index is 13.8. The number of amides is 2. The van der Waals surface area contributed by atoms with Gasteiger partial charge in [0.05, 0.1) is 16.0 Å². The van der Waals surface area contributed by atoms with Gasteiger partial charge in [0.15, 0.2) is 0 Å². The van der Waals surface area contributed by atoms with Crippen molar-refractivity contribution in [3.63, 3.8) is 0 Å². The molecule has 9 heteroatoms. The lowest BCUT2D eigenvalue weighted by molar-refractivity contribution is -0.123. The van der Waals surface area contributed by atoms with Gasteiger partial charge in [0.2, 0.25) is 0 Å². The zero-order chi connectivity index (χ0) is 21.9. The fourth-order valence-electron chi connectivity index (χ4n) is 3.82. The largest absolute Gasteiger partial charge is 0.398 e. The summed E-state index contributed by atoms with van der Waals surface area (Å²) >= 11 is 3.39. The minimum Gasteiger partial charge on any atom is -0.398 e. The van der Waals surface area contributed by atoms with Gasteiger partial charge >= 0.3 is 0 Å². The van der Waals surface area contributed by atoms with Gasteiger partial charge in [-0.15, -0.1) is 0 Å². The summed E-state index contributed by atoms with van der Waals surface area (Å²) in [4.78, 5) is 24.0. The van der Waals surface area contributed by atoms with E-state index >= 15 is 0 Å². The fraction of sp³-hybridized carbons (Fsp3) is 0. The van der Waals surface area contributed by atoms with Crippen LogP contribution in [0.3, 0.4) is 0 Å². The highest BCUT2D eigenvalue weighted by atomic mass is 79.9. The molecule has 5 rings (SSSR count). The van der Waals surface area contributed by atoms with E-state index in [1.54, 1.807) is 48.5 Å². The molecule has 2 heterocycles. The van der Waals surface area contributed by atoms with Gasteiger partial charge < -0.3 is 5.73 Å². The van der Waals surface area contributed by atoms with Crippen molar-refractivity contribution in [3.05, 3.63) is 76.9 Å². The first-order valence-corrected chi connectivity index (χ1v) is 11.4. The van der Waals surface area contributed by atoms with E-state index < -0.39 is 21.8 Å². The Kier molecular flexibility index (Phi) is 4.28. The normalized spacial score (nSPS) is 14.3. The highest BCUT2D eigenvalue weighted by Gasteiger charge is 2.29. The topological polar surface area (TPSA) is 111 Å². The number of anilines is 1. The maximum atomic E-state index is 13.8. The number of halogens is 1. The SMILES string of the molecule is Nc1ccc(S(=O)(=O)n2cc(C3=CC(=O)NC3=O)c3cc(Br)ccc32)c2ccccc12. The molecule has 2 amide bonds. The van der Waals surface area contributed by atoms with Crippen LogP contribution in [0.5, 0.6) is 0 Å². The second-order valence-electron chi connectivity index (χ2n) is 7.08. The Bertz CT molecular complexity index is 1590. The van der Waals surface area contributed by atoms with E-state index in [9.17, 15) is 18.0 Å². The number of fused-ring (bicyclic) bond motifs is 2. The summed E-state index contributed by atoms with van der Waals surface area (Å²) < 4.78 is 29.4. The van der Waals surface area contributed by atoms with Crippen LogP contribution in [-0.4, -0.2) is 24.2 Å². The summed E-state index contributed by atoms with van der Waals surface area (Å²) in [6.07, 6.45) is 2.55. The molecule has 3 N–H and O–H groups in total. The van der Waals surface area contributed by atoms with E-state index in [2.05, 4.69) is 21.2 Å². The van der Waals surface area contributed by atoms with E-state index in [4.69, 9.17) is 5.73 Å². The van der Waals surface area contributed by atoms with Crippen LogP contribution in [-0.2, 0) is 19.6 Å². The standard InChI is InChI=1S/C22H14BrN3O4S/c23-12-5-7-19-15(9-12)17(16-10-21(27)25-22(16)28)11-26(19)31(29,30)20-8-6-18(24)13-3-1-2-4-14(13)20/h1-11H,24H2,(H,25,27,28). The number of nitrogen functional groups attached to an aromatic ring is 1. The highest BCUT2D eigenvalue weighted by molar-refractivity contribution is 9.10. The number of rotatable bonds is 3. The Morgan fingerprint density at radius 1 is 0.935 bits per heavy atom. The molecule has 0 fully saturated rings. The third kappa shape index (κ3) is 2.96. The number of hydrogen-bond donors (Lipinski definition) is 2. The number of benzene rings is 3. The predicted molar refractivity (Wildman–Crippen MR) is 122 cm³/mol. The lowest BCUT2D eigenvalue weighted by Crippen LogP contribution is -2.21. The monoisotopic (exact) mass is 495 g/mol. The van der Waals surface area contributed by atoms with Crippen molar-refractivity contribution in [2.45, 2.75) is 4.90 Å². The van der Waals surface area contributed by atoms with Crippen LogP contribution in [0, 0.1) is 0 Å². The molecule has 0 aliphatic carbocycles. The van der Waals surface area contributed by atoms with Gasteiger partial charge in [-0.3, -0.25) is 14.9 Å². The molecule has 31 heavy (non-hydrogen) atoms. The van der Waals surface area contributed by atoms with Crippen LogP contribution >= 0.6 is 15.9 Å². The number of imide groups is 1. The van der Waals surface area contributed by atoms with Crippen molar-refractivity contribution < 1.29 is 18.0 Å². The molecule has 0 bridgehead atoms. The molecule has 4 aromatic rings. The Morgan fingerprint density at radius 2 is 1.68 bits per heavy atom. The van der Waals surface area contributed by atoms with E-state index in [0.29, 0.717) is 37.4 Å². The molecule has 0 unspecified atom stereocenters. The molecule has 1 aliphatic rings. The molecule has 3 aromatic carbocycles. The van der Waals surface area contributed by atoms with Gasteiger partial charge in [-0.2, -0.15) is 0 Å². The molecule has 0 spiro atoms.